The molecule has 88 valence electrons. The lowest BCUT2D eigenvalue weighted by atomic mass is 10.2. The van der Waals surface area contributed by atoms with E-state index in [0.29, 0.717) is 19.3 Å². The molecule has 0 spiro atoms. The fourth-order valence-electron chi connectivity index (χ4n) is 1.36. The van der Waals surface area contributed by atoms with Crippen molar-refractivity contribution in [1.82, 2.24) is 4.90 Å². The summed E-state index contributed by atoms with van der Waals surface area (Å²) in [5, 5.41) is 0. The lowest BCUT2D eigenvalue weighted by molar-refractivity contribution is -0.181. The van der Waals surface area contributed by atoms with E-state index >= 15 is 0 Å². The average Bonchev–Trinajstić information content (AvgIpc) is 2.96. The van der Waals surface area contributed by atoms with Crippen molar-refractivity contribution in [2.75, 3.05) is 6.54 Å². The first-order valence-electron chi connectivity index (χ1n) is 4.88. The van der Waals surface area contributed by atoms with Gasteiger partial charge >= 0.3 is 12.3 Å². The topological polar surface area (TPSA) is 20.3 Å². The van der Waals surface area contributed by atoms with Gasteiger partial charge in [-0.3, -0.25) is 4.79 Å². The van der Waals surface area contributed by atoms with E-state index < -0.39 is 18.3 Å². The van der Waals surface area contributed by atoms with Crippen LogP contribution < -0.4 is 0 Å². The summed E-state index contributed by atoms with van der Waals surface area (Å²) in [6.07, 6.45) is -2.18. The molecule has 6 heteroatoms. The highest BCUT2D eigenvalue weighted by atomic mass is 19.3. The van der Waals surface area contributed by atoms with Gasteiger partial charge in [-0.1, -0.05) is 6.92 Å². The quantitative estimate of drug-likeness (QED) is 0.660. The van der Waals surface area contributed by atoms with Crippen LogP contribution in [0.5, 0.6) is 0 Å². The van der Waals surface area contributed by atoms with Crippen molar-refractivity contribution in [3.8, 4) is 0 Å². The van der Waals surface area contributed by atoms with Gasteiger partial charge in [0.1, 0.15) is 0 Å². The maximum absolute atomic E-state index is 12.8. The monoisotopic (exact) mass is 227 g/mol. The van der Waals surface area contributed by atoms with Gasteiger partial charge in [-0.25, -0.2) is 8.78 Å². The average molecular weight is 227 g/mol. The van der Waals surface area contributed by atoms with Gasteiger partial charge in [-0.15, -0.1) is 0 Å². The lowest BCUT2D eigenvalue weighted by Crippen LogP contribution is -2.48. The number of carbonyl (C=O) groups is 1. The number of carbonyl (C=O) groups excluding carboxylic acids is 1. The maximum Gasteiger partial charge on any atom is 0.383 e. The molecule has 0 aromatic rings. The molecule has 0 aliphatic heterocycles. The largest absolute Gasteiger partial charge is 0.383 e. The summed E-state index contributed by atoms with van der Waals surface area (Å²) in [5.74, 6) is -6.28. The SMILES string of the molecule is CCCN(C(=O)C(F)(F)C(F)F)C1CC1. The van der Waals surface area contributed by atoms with Gasteiger partial charge in [0.25, 0.3) is 5.91 Å². The van der Waals surface area contributed by atoms with E-state index in [1.165, 1.54) is 0 Å². The van der Waals surface area contributed by atoms with E-state index in [4.69, 9.17) is 0 Å². The van der Waals surface area contributed by atoms with E-state index in [-0.39, 0.29) is 12.6 Å². The molecule has 0 radical (unpaired) electrons. The Morgan fingerprint density at radius 2 is 2.00 bits per heavy atom. The van der Waals surface area contributed by atoms with Gasteiger partial charge in [-0.2, -0.15) is 8.78 Å². The molecule has 1 amide bonds. The van der Waals surface area contributed by atoms with Crippen LogP contribution in [0.25, 0.3) is 0 Å². The van der Waals surface area contributed by atoms with Gasteiger partial charge < -0.3 is 4.90 Å². The maximum atomic E-state index is 12.8. The molecule has 0 aromatic carbocycles. The normalized spacial score (nSPS) is 16.9. The smallest absolute Gasteiger partial charge is 0.334 e. The Kier molecular flexibility index (Phi) is 3.57. The van der Waals surface area contributed by atoms with Crippen LogP contribution in [0.3, 0.4) is 0 Å². The minimum Gasteiger partial charge on any atom is -0.334 e. The van der Waals surface area contributed by atoms with Crippen molar-refractivity contribution in [2.24, 2.45) is 0 Å². The summed E-state index contributed by atoms with van der Waals surface area (Å²) >= 11 is 0. The van der Waals surface area contributed by atoms with Crippen LogP contribution in [-0.4, -0.2) is 35.7 Å². The summed E-state index contributed by atoms with van der Waals surface area (Å²) in [4.78, 5) is 12.1. The number of hydrogen-bond donors (Lipinski definition) is 0. The van der Waals surface area contributed by atoms with Crippen molar-refractivity contribution in [3.05, 3.63) is 0 Å². The van der Waals surface area contributed by atoms with Crippen molar-refractivity contribution < 1.29 is 22.4 Å². The Bertz CT molecular complexity index is 240. The first-order valence-corrected chi connectivity index (χ1v) is 4.88. The summed E-state index contributed by atoms with van der Waals surface area (Å²) in [7, 11) is 0. The van der Waals surface area contributed by atoms with Crippen molar-refractivity contribution in [3.63, 3.8) is 0 Å². The minimum atomic E-state index is -4.54. The Morgan fingerprint density at radius 1 is 1.47 bits per heavy atom. The zero-order valence-electron chi connectivity index (χ0n) is 8.35. The number of halogens is 4. The third-order valence-electron chi connectivity index (χ3n) is 2.27. The molecule has 0 heterocycles. The molecular formula is C9H13F4NO. The van der Waals surface area contributed by atoms with Gasteiger partial charge in [-0.05, 0) is 19.3 Å². The van der Waals surface area contributed by atoms with Gasteiger partial charge in [0.05, 0.1) is 0 Å². The van der Waals surface area contributed by atoms with Crippen LogP contribution in [-0.2, 0) is 4.79 Å². The second-order valence-electron chi connectivity index (χ2n) is 3.65. The van der Waals surface area contributed by atoms with E-state index in [1.807, 2.05) is 0 Å². The molecule has 15 heavy (non-hydrogen) atoms. The molecule has 0 atom stereocenters. The van der Waals surface area contributed by atoms with E-state index in [9.17, 15) is 22.4 Å². The Labute approximate surface area is 85.2 Å². The molecule has 1 aliphatic carbocycles. The highest BCUT2D eigenvalue weighted by Gasteiger charge is 2.53. The zero-order valence-corrected chi connectivity index (χ0v) is 8.35. The Balaban J connectivity index is 2.70. The lowest BCUT2D eigenvalue weighted by Gasteiger charge is -2.26. The predicted octanol–water partition coefficient (Wildman–Crippen LogP) is 2.29. The van der Waals surface area contributed by atoms with E-state index in [1.54, 1.807) is 6.92 Å². The van der Waals surface area contributed by atoms with Crippen LogP contribution >= 0.6 is 0 Å². The number of rotatable bonds is 5. The second kappa shape index (κ2) is 4.37. The highest BCUT2D eigenvalue weighted by Crippen LogP contribution is 2.33. The Morgan fingerprint density at radius 3 is 2.33 bits per heavy atom. The van der Waals surface area contributed by atoms with Crippen LogP contribution in [0.2, 0.25) is 0 Å². The number of hydrogen-bond acceptors (Lipinski definition) is 1. The number of alkyl halides is 4. The standard InChI is InChI=1S/C9H13F4NO/c1-2-5-14(6-3-4-6)8(15)9(12,13)7(10)11/h6-7H,2-5H2,1H3. The molecule has 0 unspecified atom stereocenters. The summed E-state index contributed by atoms with van der Waals surface area (Å²) in [5.41, 5.74) is 0. The summed E-state index contributed by atoms with van der Waals surface area (Å²) < 4.78 is 49.4. The molecule has 0 aromatic heterocycles. The molecule has 1 aliphatic rings. The molecule has 2 nitrogen and oxygen atoms in total. The molecule has 1 saturated carbocycles. The number of nitrogens with zero attached hydrogens (tertiary/aromatic N) is 1. The summed E-state index contributed by atoms with van der Waals surface area (Å²) in [6, 6.07) is -0.262. The van der Waals surface area contributed by atoms with Crippen molar-refractivity contribution >= 4 is 5.91 Å². The van der Waals surface area contributed by atoms with E-state index in [2.05, 4.69) is 0 Å². The van der Waals surface area contributed by atoms with Crippen LogP contribution in [0.15, 0.2) is 0 Å². The first kappa shape index (κ1) is 12.3. The molecule has 0 N–H and O–H groups in total. The van der Waals surface area contributed by atoms with E-state index in [0.717, 1.165) is 4.90 Å². The van der Waals surface area contributed by atoms with Crippen LogP contribution in [0.4, 0.5) is 17.6 Å². The van der Waals surface area contributed by atoms with Crippen molar-refractivity contribution in [1.29, 1.82) is 0 Å². The van der Waals surface area contributed by atoms with Crippen LogP contribution in [0.1, 0.15) is 26.2 Å². The third kappa shape index (κ3) is 2.60. The molecule has 0 bridgehead atoms. The third-order valence-corrected chi connectivity index (χ3v) is 2.27. The van der Waals surface area contributed by atoms with Gasteiger partial charge in [0.2, 0.25) is 0 Å². The molecule has 1 rings (SSSR count). The predicted molar refractivity (Wildman–Crippen MR) is 46.0 cm³/mol. The van der Waals surface area contributed by atoms with Crippen LogP contribution in [0, 0.1) is 0 Å². The number of amides is 1. The first-order chi connectivity index (χ1) is 6.91. The highest BCUT2D eigenvalue weighted by molar-refractivity contribution is 5.84. The minimum absolute atomic E-state index is 0.117. The molecule has 1 fully saturated rings. The van der Waals surface area contributed by atoms with Gasteiger partial charge in [0, 0.05) is 12.6 Å². The zero-order chi connectivity index (χ0) is 11.6. The fraction of sp³-hybridized carbons (Fsp3) is 0.889. The molecule has 0 saturated heterocycles. The Hall–Kier alpha value is -0.810. The van der Waals surface area contributed by atoms with Crippen molar-refractivity contribution in [2.45, 2.75) is 44.6 Å². The summed E-state index contributed by atoms with van der Waals surface area (Å²) in [6.45, 7) is 1.83. The second-order valence-corrected chi connectivity index (χ2v) is 3.65. The fourth-order valence-corrected chi connectivity index (χ4v) is 1.36. The molecular weight excluding hydrogens is 214 g/mol. The van der Waals surface area contributed by atoms with Gasteiger partial charge in [0.15, 0.2) is 0 Å².